The molecule has 2 aromatic rings. The summed E-state index contributed by atoms with van der Waals surface area (Å²) in [6.45, 7) is 1.55. The number of hydrogen-bond acceptors (Lipinski definition) is 5. The third-order valence-electron chi connectivity index (χ3n) is 5.46. The predicted molar refractivity (Wildman–Crippen MR) is 103 cm³/mol. The summed E-state index contributed by atoms with van der Waals surface area (Å²) in [4.78, 5) is 13.2. The number of ether oxygens (including phenoxy) is 1. The van der Waals surface area contributed by atoms with Crippen molar-refractivity contribution in [3.05, 3.63) is 51.7 Å². The monoisotopic (exact) mass is 406 g/mol. The van der Waals surface area contributed by atoms with Gasteiger partial charge in [-0.25, -0.2) is 8.42 Å². The summed E-state index contributed by atoms with van der Waals surface area (Å²) in [5.74, 6) is -0.236. The molecule has 0 aliphatic carbocycles. The van der Waals surface area contributed by atoms with E-state index in [2.05, 4.69) is 16.8 Å². The van der Waals surface area contributed by atoms with Crippen molar-refractivity contribution in [3.8, 4) is 0 Å². The average Bonchev–Trinajstić information content (AvgIpc) is 3.18. The third-order valence-corrected chi connectivity index (χ3v) is 8.35. The van der Waals surface area contributed by atoms with Crippen LogP contribution >= 0.6 is 11.3 Å². The predicted octanol–water partition coefficient (Wildman–Crippen LogP) is 2.36. The average molecular weight is 407 g/mol. The number of rotatable bonds is 3. The van der Waals surface area contributed by atoms with Gasteiger partial charge in [-0.15, -0.1) is 11.3 Å². The molecule has 1 amide bonds. The van der Waals surface area contributed by atoms with E-state index >= 15 is 0 Å². The van der Waals surface area contributed by atoms with Crippen LogP contribution in [0.3, 0.4) is 0 Å². The minimum atomic E-state index is -3.58. The molecule has 6 nitrogen and oxygen atoms in total. The van der Waals surface area contributed by atoms with Crippen molar-refractivity contribution < 1.29 is 17.9 Å². The molecule has 1 aromatic heterocycles. The smallest absolute Gasteiger partial charge is 0.251 e. The van der Waals surface area contributed by atoms with Crippen LogP contribution in [0.15, 0.2) is 40.6 Å². The van der Waals surface area contributed by atoms with Gasteiger partial charge in [0.05, 0.1) is 17.1 Å². The van der Waals surface area contributed by atoms with Crippen molar-refractivity contribution in [2.75, 3.05) is 26.7 Å². The van der Waals surface area contributed by atoms with Crippen molar-refractivity contribution in [2.24, 2.45) is 0 Å². The van der Waals surface area contributed by atoms with Crippen LogP contribution in [0.5, 0.6) is 0 Å². The molecule has 0 saturated carbocycles. The molecular weight excluding hydrogens is 384 g/mol. The molecule has 0 radical (unpaired) electrons. The van der Waals surface area contributed by atoms with Gasteiger partial charge in [-0.2, -0.15) is 4.31 Å². The van der Waals surface area contributed by atoms with E-state index in [1.807, 2.05) is 0 Å². The molecule has 2 aliphatic rings. The molecule has 1 aromatic carbocycles. The zero-order chi connectivity index (χ0) is 19.1. The van der Waals surface area contributed by atoms with Gasteiger partial charge in [0.1, 0.15) is 0 Å². The van der Waals surface area contributed by atoms with Gasteiger partial charge in [0.15, 0.2) is 0 Å². The fourth-order valence-electron chi connectivity index (χ4n) is 3.93. The Morgan fingerprint density at radius 1 is 1.19 bits per heavy atom. The highest BCUT2D eigenvalue weighted by molar-refractivity contribution is 7.89. The van der Waals surface area contributed by atoms with E-state index in [4.69, 9.17) is 4.74 Å². The highest BCUT2D eigenvalue weighted by Gasteiger charge is 2.43. The molecule has 1 spiro atoms. The number of carbonyl (C=O) groups is 1. The lowest BCUT2D eigenvalue weighted by Crippen LogP contribution is -2.47. The van der Waals surface area contributed by atoms with E-state index in [-0.39, 0.29) is 16.4 Å². The number of carbonyl (C=O) groups excluding carboxylic acids is 1. The number of amides is 1. The van der Waals surface area contributed by atoms with E-state index in [0.717, 1.165) is 6.42 Å². The lowest BCUT2D eigenvalue weighted by Gasteiger charge is -2.43. The zero-order valence-corrected chi connectivity index (χ0v) is 16.7. The van der Waals surface area contributed by atoms with E-state index in [1.54, 1.807) is 30.5 Å². The summed E-state index contributed by atoms with van der Waals surface area (Å²) in [6, 6.07) is 8.20. The standard InChI is InChI=1S/C19H22N2O4S2/c1-20-18(22)14-2-4-15(5-3-14)27(23,24)21-10-8-19(9-11-21)16-7-13-26-17(16)6-12-25-19/h2-5,7,13H,6,8-12H2,1H3,(H,20,22). The maximum atomic E-state index is 13.0. The number of nitrogens with one attached hydrogen (secondary N) is 1. The first-order valence-corrected chi connectivity index (χ1v) is 11.3. The van der Waals surface area contributed by atoms with Gasteiger partial charge in [0.2, 0.25) is 10.0 Å². The van der Waals surface area contributed by atoms with Crippen LogP contribution in [-0.2, 0) is 26.8 Å². The summed E-state index contributed by atoms with van der Waals surface area (Å²) >= 11 is 1.76. The Morgan fingerprint density at radius 2 is 1.89 bits per heavy atom. The fraction of sp³-hybridized carbons (Fsp3) is 0.421. The molecule has 0 unspecified atom stereocenters. The normalized spacial score (nSPS) is 19.6. The molecule has 0 bridgehead atoms. The van der Waals surface area contributed by atoms with Gasteiger partial charge in [-0.1, -0.05) is 0 Å². The number of piperidine rings is 1. The maximum absolute atomic E-state index is 13.0. The van der Waals surface area contributed by atoms with E-state index in [0.29, 0.717) is 38.1 Å². The first kappa shape index (κ1) is 18.6. The summed E-state index contributed by atoms with van der Waals surface area (Å²) in [6.07, 6.45) is 2.26. The second-order valence-corrected chi connectivity index (χ2v) is 9.80. The quantitative estimate of drug-likeness (QED) is 0.849. The van der Waals surface area contributed by atoms with Crippen LogP contribution in [-0.4, -0.2) is 45.4 Å². The minimum absolute atomic E-state index is 0.215. The SMILES string of the molecule is CNC(=O)c1ccc(S(=O)(=O)N2CCC3(CC2)OCCc2sccc23)cc1. The van der Waals surface area contributed by atoms with Crippen LogP contribution < -0.4 is 5.32 Å². The number of hydrogen-bond donors (Lipinski definition) is 1. The first-order valence-electron chi connectivity index (χ1n) is 8.99. The van der Waals surface area contributed by atoms with Crippen LogP contribution in [0.1, 0.15) is 33.6 Å². The Morgan fingerprint density at radius 3 is 2.56 bits per heavy atom. The van der Waals surface area contributed by atoms with Gasteiger partial charge in [-0.05, 0) is 54.1 Å². The number of fused-ring (bicyclic) bond motifs is 2. The molecule has 1 fully saturated rings. The van der Waals surface area contributed by atoms with Crippen molar-refractivity contribution in [1.29, 1.82) is 0 Å². The fourth-order valence-corrected chi connectivity index (χ4v) is 6.32. The molecule has 4 rings (SSSR count). The molecule has 0 atom stereocenters. The summed E-state index contributed by atoms with van der Waals surface area (Å²) < 4.78 is 33.7. The topological polar surface area (TPSA) is 75.7 Å². The van der Waals surface area contributed by atoms with Crippen molar-refractivity contribution in [1.82, 2.24) is 9.62 Å². The molecule has 27 heavy (non-hydrogen) atoms. The molecule has 2 aliphatic heterocycles. The second kappa shape index (κ2) is 7.01. The summed E-state index contributed by atoms with van der Waals surface area (Å²) in [7, 11) is -2.04. The van der Waals surface area contributed by atoms with Gasteiger partial charge in [-0.3, -0.25) is 4.79 Å². The zero-order valence-electron chi connectivity index (χ0n) is 15.1. The lowest BCUT2D eigenvalue weighted by molar-refractivity contribution is -0.0882. The second-order valence-electron chi connectivity index (χ2n) is 6.86. The Balaban J connectivity index is 1.52. The molecule has 144 valence electrons. The third kappa shape index (κ3) is 3.20. The van der Waals surface area contributed by atoms with Crippen LogP contribution in [0.4, 0.5) is 0 Å². The number of thiophene rings is 1. The molecule has 3 heterocycles. The first-order chi connectivity index (χ1) is 13.0. The Kier molecular flexibility index (Phi) is 4.84. The van der Waals surface area contributed by atoms with Crippen molar-refractivity contribution >= 4 is 27.3 Å². The highest BCUT2D eigenvalue weighted by atomic mass is 32.2. The molecule has 8 heteroatoms. The van der Waals surface area contributed by atoms with Crippen molar-refractivity contribution in [3.63, 3.8) is 0 Å². The van der Waals surface area contributed by atoms with Gasteiger partial charge >= 0.3 is 0 Å². The van der Waals surface area contributed by atoms with Gasteiger partial charge in [0, 0.05) is 37.0 Å². The maximum Gasteiger partial charge on any atom is 0.251 e. The summed E-state index contributed by atoms with van der Waals surface area (Å²) in [5.41, 5.74) is 1.34. The van der Waals surface area contributed by atoms with Gasteiger partial charge < -0.3 is 10.1 Å². The van der Waals surface area contributed by atoms with Crippen molar-refractivity contribution in [2.45, 2.75) is 29.8 Å². The van der Waals surface area contributed by atoms with E-state index in [1.165, 1.54) is 26.9 Å². The number of nitrogens with zero attached hydrogens (tertiary/aromatic N) is 1. The highest BCUT2D eigenvalue weighted by Crippen LogP contribution is 2.44. The van der Waals surface area contributed by atoms with Gasteiger partial charge in [0.25, 0.3) is 5.91 Å². The molecule has 1 saturated heterocycles. The van der Waals surface area contributed by atoms with E-state index < -0.39 is 10.0 Å². The largest absolute Gasteiger partial charge is 0.370 e. The lowest BCUT2D eigenvalue weighted by atomic mass is 9.83. The number of sulfonamides is 1. The Labute approximate surface area is 163 Å². The molecule has 1 N–H and O–H groups in total. The van der Waals surface area contributed by atoms with Crippen LogP contribution in [0.2, 0.25) is 0 Å². The van der Waals surface area contributed by atoms with E-state index in [9.17, 15) is 13.2 Å². The Bertz CT molecular complexity index is 942. The minimum Gasteiger partial charge on any atom is -0.370 e. The van der Waals surface area contributed by atoms with Crippen LogP contribution in [0.25, 0.3) is 0 Å². The van der Waals surface area contributed by atoms with Crippen LogP contribution in [0, 0.1) is 0 Å². The number of benzene rings is 1. The molecular formula is C19H22N2O4S2. The Hall–Kier alpha value is -1.74. The summed E-state index contributed by atoms with van der Waals surface area (Å²) in [5, 5.41) is 4.63.